The number of carbonyl (C=O) groups is 1. The van der Waals surface area contributed by atoms with Gasteiger partial charge in [0, 0.05) is 6.04 Å². The first kappa shape index (κ1) is 14.7. The molecule has 0 unspecified atom stereocenters. The van der Waals surface area contributed by atoms with E-state index >= 15 is 0 Å². The van der Waals surface area contributed by atoms with Crippen molar-refractivity contribution in [3.05, 3.63) is 35.4 Å². The molecule has 3 heteroatoms. The van der Waals surface area contributed by atoms with Crippen molar-refractivity contribution in [2.24, 2.45) is 11.7 Å². The van der Waals surface area contributed by atoms with E-state index in [0.29, 0.717) is 5.92 Å². The molecule has 0 aliphatic rings. The Labute approximate surface area is 110 Å². The summed E-state index contributed by atoms with van der Waals surface area (Å²) >= 11 is 0. The third-order valence-electron chi connectivity index (χ3n) is 3.05. The Morgan fingerprint density at radius 1 is 1.17 bits per heavy atom. The van der Waals surface area contributed by atoms with Gasteiger partial charge in [-0.2, -0.15) is 0 Å². The molecule has 0 aliphatic heterocycles. The summed E-state index contributed by atoms with van der Waals surface area (Å²) in [5.74, 6) is 0.347. The maximum absolute atomic E-state index is 11.0. The summed E-state index contributed by atoms with van der Waals surface area (Å²) in [7, 11) is 0. The smallest absolute Gasteiger partial charge is 0.234 e. The minimum absolute atomic E-state index is 0.126. The number of hydrogen-bond donors (Lipinski definition) is 2. The second-order valence-corrected chi connectivity index (χ2v) is 5.35. The summed E-state index contributed by atoms with van der Waals surface area (Å²) in [6.45, 7) is 8.25. The van der Waals surface area contributed by atoms with Crippen molar-refractivity contribution in [2.45, 2.75) is 46.2 Å². The molecule has 2 atom stereocenters. The van der Waals surface area contributed by atoms with Crippen molar-refractivity contribution in [1.82, 2.24) is 5.32 Å². The quantitative estimate of drug-likeness (QED) is 0.812. The van der Waals surface area contributed by atoms with E-state index in [-0.39, 0.29) is 18.0 Å². The molecule has 0 radical (unpaired) electrons. The lowest BCUT2D eigenvalue weighted by Gasteiger charge is -2.18. The highest BCUT2D eigenvalue weighted by Crippen LogP contribution is 2.16. The van der Waals surface area contributed by atoms with Crippen LogP contribution in [-0.4, -0.2) is 11.9 Å². The van der Waals surface area contributed by atoms with E-state index in [1.54, 1.807) is 6.92 Å². The van der Waals surface area contributed by atoms with E-state index in [2.05, 4.69) is 43.4 Å². The fraction of sp³-hybridized carbons (Fsp3) is 0.533. The predicted molar refractivity (Wildman–Crippen MR) is 75.2 cm³/mol. The van der Waals surface area contributed by atoms with Crippen LogP contribution < -0.4 is 11.1 Å². The molecule has 0 aromatic heterocycles. The van der Waals surface area contributed by atoms with Gasteiger partial charge in [0.1, 0.15) is 0 Å². The van der Waals surface area contributed by atoms with Crippen LogP contribution in [0.25, 0.3) is 0 Å². The second kappa shape index (κ2) is 6.55. The second-order valence-electron chi connectivity index (χ2n) is 5.35. The van der Waals surface area contributed by atoms with Crippen LogP contribution in [-0.2, 0) is 11.2 Å². The molecule has 1 aromatic rings. The third-order valence-corrected chi connectivity index (χ3v) is 3.05. The lowest BCUT2D eigenvalue weighted by Crippen LogP contribution is -2.39. The fourth-order valence-electron chi connectivity index (χ4n) is 1.97. The van der Waals surface area contributed by atoms with Crippen LogP contribution in [0.4, 0.5) is 0 Å². The molecule has 0 heterocycles. The Bertz CT molecular complexity index is 384. The van der Waals surface area contributed by atoms with Crippen LogP contribution in [0.5, 0.6) is 0 Å². The lowest BCUT2D eigenvalue weighted by atomic mass is 9.99. The predicted octanol–water partition coefficient (Wildman–Crippen LogP) is 2.41. The van der Waals surface area contributed by atoms with Gasteiger partial charge >= 0.3 is 0 Å². The number of benzene rings is 1. The van der Waals surface area contributed by atoms with Crippen LogP contribution in [0.3, 0.4) is 0 Å². The summed E-state index contributed by atoms with van der Waals surface area (Å²) in [4.78, 5) is 11.0. The van der Waals surface area contributed by atoms with E-state index in [1.165, 1.54) is 11.1 Å². The van der Waals surface area contributed by atoms with Gasteiger partial charge < -0.3 is 5.73 Å². The summed E-state index contributed by atoms with van der Waals surface area (Å²) in [5, 5.41) is 3.18. The zero-order valence-corrected chi connectivity index (χ0v) is 11.7. The van der Waals surface area contributed by atoms with E-state index in [0.717, 1.165) is 6.42 Å². The minimum Gasteiger partial charge on any atom is -0.368 e. The van der Waals surface area contributed by atoms with Crippen LogP contribution in [0.2, 0.25) is 0 Å². The number of amides is 1. The number of primary amides is 1. The SMILES string of the molecule is CC(C)Cc1ccc([C@H](C)N[C@H](C)C(N)=O)cc1. The van der Waals surface area contributed by atoms with Crippen LogP contribution in [0.1, 0.15) is 44.9 Å². The first-order valence-corrected chi connectivity index (χ1v) is 6.54. The van der Waals surface area contributed by atoms with Crippen LogP contribution in [0.15, 0.2) is 24.3 Å². The molecule has 0 spiro atoms. The number of nitrogens with two attached hydrogens (primary N) is 1. The van der Waals surface area contributed by atoms with Gasteiger partial charge in [-0.05, 0) is 37.3 Å². The van der Waals surface area contributed by atoms with Gasteiger partial charge in [0.25, 0.3) is 0 Å². The molecule has 100 valence electrons. The third kappa shape index (κ3) is 4.49. The number of rotatable bonds is 6. The van der Waals surface area contributed by atoms with Gasteiger partial charge in [-0.25, -0.2) is 0 Å². The Morgan fingerprint density at radius 2 is 1.72 bits per heavy atom. The van der Waals surface area contributed by atoms with Crippen molar-refractivity contribution in [3.63, 3.8) is 0 Å². The van der Waals surface area contributed by atoms with Crippen LogP contribution >= 0.6 is 0 Å². The fourth-order valence-corrected chi connectivity index (χ4v) is 1.97. The maximum atomic E-state index is 11.0. The summed E-state index contributed by atoms with van der Waals surface area (Å²) in [5.41, 5.74) is 7.77. The monoisotopic (exact) mass is 248 g/mol. The number of hydrogen-bond acceptors (Lipinski definition) is 2. The molecule has 0 saturated heterocycles. The van der Waals surface area contributed by atoms with Gasteiger partial charge in [0.05, 0.1) is 6.04 Å². The average Bonchev–Trinajstić information content (AvgIpc) is 2.28. The maximum Gasteiger partial charge on any atom is 0.234 e. The molecule has 0 bridgehead atoms. The largest absolute Gasteiger partial charge is 0.368 e. The molecule has 1 amide bonds. The number of carbonyl (C=O) groups excluding carboxylic acids is 1. The molecule has 0 saturated carbocycles. The molecule has 18 heavy (non-hydrogen) atoms. The van der Waals surface area contributed by atoms with Gasteiger partial charge in [-0.1, -0.05) is 38.1 Å². The average molecular weight is 248 g/mol. The van der Waals surface area contributed by atoms with Crippen molar-refractivity contribution >= 4 is 5.91 Å². The highest BCUT2D eigenvalue weighted by atomic mass is 16.1. The Hall–Kier alpha value is -1.35. The molecular weight excluding hydrogens is 224 g/mol. The first-order valence-electron chi connectivity index (χ1n) is 6.54. The number of nitrogens with one attached hydrogen (secondary N) is 1. The first-order chi connectivity index (χ1) is 8.40. The van der Waals surface area contributed by atoms with Gasteiger partial charge in [0.2, 0.25) is 5.91 Å². The Morgan fingerprint density at radius 3 is 2.17 bits per heavy atom. The van der Waals surface area contributed by atoms with Crippen molar-refractivity contribution < 1.29 is 4.79 Å². The molecule has 3 N–H and O–H groups in total. The lowest BCUT2D eigenvalue weighted by molar-refractivity contribution is -0.119. The molecule has 0 fully saturated rings. The van der Waals surface area contributed by atoms with Crippen LogP contribution in [0, 0.1) is 5.92 Å². The zero-order chi connectivity index (χ0) is 13.7. The van der Waals surface area contributed by atoms with Crippen molar-refractivity contribution in [2.75, 3.05) is 0 Å². The highest BCUT2D eigenvalue weighted by molar-refractivity contribution is 5.79. The molecule has 1 aromatic carbocycles. The van der Waals surface area contributed by atoms with E-state index < -0.39 is 0 Å². The summed E-state index contributed by atoms with van der Waals surface area (Å²) in [6, 6.07) is 8.35. The molecule has 3 nitrogen and oxygen atoms in total. The van der Waals surface area contributed by atoms with E-state index in [1.807, 2.05) is 6.92 Å². The van der Waals surface area contributed by atoms with Gasteiger partial charge in [-0.3, -0.25) is 10.1 Å². The molecule has 1 rings (SSSR count). The van der Waals surface area contributed by atoms with Crippen molar-refractivity contribution in [1.29, 1.82) is 0 Å². The topological polar surface area (TPSA) is 55.1 Å². The Kier molecular flexibility index (Phi) is 5.35. The summed E-state index contributed by atoms with van der Waals surface area (Å²) in [6.07, 6.45) is 1.10. The van der Waals surface area contributed by atoms with Crippen molar-refractivity contribution in [3.8, 4) is 0 Å². The highest BCUT2D eigenvalue weighted by Gasteiger charge is 2.13. The van der Waals surface area contributed by atoms with Gasteiger partial charge in [0.15, 0.2) is 0 Å². The zero-order valence-electron chi connectivity index (χ0n) is 11.7. The normalized spacial score (nSPS) is 14.5. The van der Waals surface area contributed by atoms with E-state index in [9.17, 15) is 4.79 Å². The minimum atomic E-state index is -0.321. The van der Waals surface area contributed by atoms with E-state index in [4.69, 9.17) is 5.73 Å². The molecular formula is C15H24N2O. The summed E-state index contributed by atoms with van der Waals surface area (Å²) < 4.78 is 0. The standard InChI is InChI=1S/C15H24N2O/c1-10(2)9-13-5-7-14(8-6-13)11(3)17-12(4)15(16)18/h5-8,10-12,17H,9H2,1-4H3,(H2,16,18)/t11-,12+/m0/s1. The molecule has 0 aliphatic carbocycles. The Balaban J connectivity index is 2.64. The van der Waals surface area contributed by atoms with Gasteiger partial charge in [-0.15, -0.1) is 0 Å².